The Labute approximate surface area is 388 Å². The zero-order valence-corrected chi connectivity index (χ0v) is 36.6. The van der Waals surface area contributed by atoms with Gasteiger partial charge in [-0.1, -0.05) is 200 Å². The largest absolute Gasteiger partial charge is 0.455 e. The number of anilines is 3. The molecule has 314 valence electrons. The number of fused-ring (bicyclic) bond motifs is 7. The average molecular weight is 855 g/mol. The summed E-state index contributed by atoms with van der Waals surface area (Å²) in [6.45, 7) is 0. The summed E-state index contributed by atoms with van der Waals surface area (Å²) in [5.41, 5.74) is 17.7. The van der Waals surface area contributed by atoms with Gasteiger partial charge in [-0.25, -0.2) is 0 Å². The highest BCUT2D eigenvalue weighted by Gasteiger charge is 2.21. The summed E-state index contributed by atoms with van der Waals surface area (Å²) < 4.78 is 9.06. The summed E-state index contributed by atoms with van der Waals surface area (Å²) in [6.07, 6.45) is 0. The van der Waals surface area contributed by atoms with E-state index in [2.05, 4.69) is 258 Å². The smallest absolute Gasteiger partial charge is 0.143 e. The molecule has 13 rings (SSSR count). The van der Waals surface area contributed by atoms with Gasteiger partial charge in [0, 0.05) is 49.6 Å². The molecule has 0 saturated carbocycles. The van der Waals surface area contributed by atoms with Crippen LogP contribution in [0, 0.1) is 0 Å². The van der Waals surface area contributed by atoms with Crippen molar-refractivity contribution in [2.75, 3.05) is 4.90 Å². The van der Waals surface area contributed by atoms with Crippen LogP contribution in [-0.2, 0) is 0 Å². The van der Waals surface area contributed by atoms with Gasteiger partial charge in [0.25, 0.3) is 0 Å². The zero-order valence-electron chi connectivity index (χ0n) is 36.6. The van der Waals surface area contributed by atoms with E-state index < -0.39 is 0 Å². The minimum atomic E-state index is 0.885. The van der Waals surface area contributed by atoms with Crippen molar-refractivity contribution in [2.24, 2.45) is 0 Å². The van der Waals surface area contributed by atoms with Crippen molar-refractivity contribution in [1.29, 1.82) is 0 Å². The summed E-state index contributed by atoms with van der Waals surface area (Å²) in [5.74, 6) is 0. The number of hydrogen-bond acceptors (Lipinski definition) is 2. The van der Waals surface area contributed by atoms with Crippen LogP contribution in [0.4, 0.5) is 17.1 Å². The van der Waals surface area contributed by atoms with Crippen LogP contribution in [-0.4, -0.2) is 4.57 Å². The van der Waals surface area contributed by atoms with Crippen molar-refractivity contribution in [3.8, 4) is 50.2 Å². The van der Waals surface area contributed by atoms with Crippen molar-refractivity contribution in [3.63, 3.8) is 0 Å². The monoisotopic (exact) mass is 854 g/mol. The van der Waals surface area contributed by atoms with E-state index in [4.69, 9.17) is 4.42 Å². The maximum Gasteiger partial charge on any atom is 0.143 e. The van der Waals surface area contributed by atoms with Gasteiger partial charge in [-0.2, -0.15) is 0 Å². The molecule has 0 fully saturated rings. The number of rotatable bonds is 8. The van der Waals surface area contributed by atoms with Gasteiger partial charge in [0.1, 0.15) is 11.2 Å². The number of benzene rings is 11. The molecule has 2 aromatic heterocycles. The van der Waals surface area contributed by atoms with E-state index in [0.717, 1.165) is 66.9 Å². The van der Waals surface area contributed by atoms with Crippen molar-refractivity contribution in [1.82, 2.24) is 4.57 Å². The SMILES string of the molecule is c1ccc(N(c2ccc(-c3ccc(-c4cccc5ccccc45)cc3)cc2)c2ccc(-c3ccccc3-n3c4ccccc4c4ccccc43)cc2)c(-c2cccc3c2oc2ccccc23)c1. The van der Waals surface area contributed by atoms with Gasteiger partial charge < -0.3 is 13.9 Å². The molecule has 3 nitrogen and oxygen atoms in total. The Morgan fingerprint density at radius 1 is 0.299 bits per heavy atom. The first-order valence-electron chi connectivity index (χ1n) is 22.9. The fourth-order valence-electron chi connectivity index (χ4n) is 10.3. The van der Waals surface area contributed by atoms with E-state index in [0.29, 0.717) is 0 Å². The van der Waals surface area contributed by atoms with Crippen LogP contribution >= 0.6 is 0 Å². The van der Waals surface area contributed by atoms with E-state index in [1.54, 1.807) is 0 Å². The third-order valence-electron chi connectivity index (χ3n) is 13.4. The Kier molecular flexibility index (Phi) is 9.17. The molecule has 0 bridgehead atoms. The molecular formula is C64H42N2O. The standard InChI is InChI=1S/C64H42N2O/c1-2-17-50-45(15-1)16-13-23-51(50)46-33-31-43(32-34-46)44-35-39-48(40-36-44)65(60-27-9-6-21-55(60)57-24-14-25-58-56-22-7-12-30-63(56)67-64(57)58)49-41-37-47(38-42-49)52-18-3-8-26-59(52)66-61-28-10-4-19-53(61)54-20-5-11-29-62(54)66/h1-42H. The highest BCUT2D eigenvalue weighted by Crippen LogP contribution is 2.45. The number of para-hydroxylation sites is 6. The lowest BCUT2D eigenvalue weighted by Crippen LogP contribution is -2.11. The highest BCUT2D eigenvalue weighted by atomic mass is 16.3. The quantitative estimate of drug-likeness (QED) is 0.152. The molecule has 67 heavy (non-hydrogen) atoms. The van der Waals surface area contributed by atoms with E-state index in [1.807, 2.05) is 6.07 Å². The first-order chi connectivity index (χ1) is 33.2. The topological polar surface area (TPSA) is 21.3 Å². The summed E-state index contributed by atoms with van der Waals surface area (Å²) in [6, 6.07) is 91.8. The van der Waals surface area contributed by atoms with Gasteiger partial charge in [-0.3, -0.25) is 0 Å². The van der Waals surface area contributed by atoms with Crippen molar-refractivity contribution in [3.05, 3.63) is 255 Å². The highest BCUT2D eigenvalue weighted by molar-refractivity contribution is 6.11. The van der Waals surface area contributed by atoms with Crippen LogP contribution in [0.3, 0.4) is 0 Å². The predicted octanol–water partition coefficient (Wildman–Crippen LogP) is 18.0. The fraction of sp³-hybridized carbons (Fsp3) is 0. The maximum atomic E-state index is 6.65. The van der Waals surface area contributed by atoms with E-state index in [-0.39, 0.29) is 0 Å². The second-order valence-electron chi connectivity index (χ2n) is 17.2. The predicted molar refractivity (Wildman–Crippen MR) is 282 cm³/mol. The Bertz CT molecular complexity index is 3910. The molecule has 3 heteroatoms. The lowest BCUT2D eigenvalue weighted by atomic mass is 9.96. The first kappa shape index (κ1) is 38.5. The van der Waals surface area contributed by atoms with Crippen molar-refractivity contribution >= 4 is 71.6 Å². The van der Waals surface area contributed by atoms with E-state index >= 15 is 0 Å². The molecule has 0 aliphatic carbocycles. The third-order valence-corrected chi connectivity index (χ3v) is 13.4. The van der Waals surface area contributed by atoms with Crippen LogP contribution in [0.25, 0.3) is 105 Å². The van der Waals surface area contributed by atoms with Gasteiger partial charge in [-0.05, 0) is 93.2 Å². The fourth-order valence-corrected chi connectivity index (χ4v) is 10.3. The number of furan rings is 1. The molecule has 0 aliphatic heterocycles. The molecule has 0 N–H and O–H groups in total. The maximum absolute atomic E-state index is 6.65. The number of nitrogens with zero attached hydrogens (tertiary/aromatic N) is 2. The lowest BCUT2D eigenvalue weighted by Gasteiger charge is -2.28. The molecule has 0 radical (unpaired) electrons. The molecule has 13 aromatic rings. The van der Waals surface area contributed by atoms with Gasteiger partial charge >= 0.3 is 0 Å². The second kappa shape index (κ2) is 16.0. The minimum absolute atomic E-state index is 0.885. The molecule has 2 heterocycles. The Morgan fingerprint density at radius 2 is 0.761 bits per heavy atom. The molecule has 0 atom stereocenters. The molecule has 0 spiro atoms. The molecule has 0 unspecified atom stereocenters. The molecular weight excluding hydrogens is 813 g/mol. The molecule has 11 aromatic carbocycles. The van der Waals surface area contributed by atoms with Crippen molar-refractivity contribution < 1.29 is 4.42 Å². The molecule has 0 aliphatic rings. The summed E-state index contributed by atoms with van der Waals surface area (Å²) in [4.78, 5) is 2.38. The van der Waals surface area contributed by atoms with Crippen LogP contribution in [0.15, 0.2) is 259 Å². The average Bonchev–Trinajstić information content (AvgIpc) is 3.95. The van der Waals surface area contributed by atoms with Gasteiger partial charge in [-0.15, -0.1) is 0 Å². The van der Waals surface area contributed by atoms with Crippen LogP contribution in [0.5, 0.6) is 0 Å². The van der Waals surface area contributed by atoms with Crippen LogP contribution in [0.2, 0.25) is 0 Å². The molecule has 0 saturated heterocycles. The number of hydrogen-bond donors (Lipinski definition) is 0. The Balaban J connectivity index is 0.925. The minimum Gasteiger partial charge on any atom is -0.455 e. The van der Waals surface area contributed by atoms with Crippen molar-refractivity contribution in [2.45, 2.75) is 0 Å². The van der Waals surface area contributed by atoms with Crippen LogP contribution in [0.1, 0.15) is 0 Å². The normalized spacial score (nSPS) is 11.6. The van der Waals surface area contributed by atoms with Gasteiger partial charge in [0.2, 0.25) is 0 Å². The third kappa shape index (κ3) is 6.51. The Morgan fingerprint density at radius 3 is 1.49 bits per heavy atom. The van der Waals surface area contributed by atoms with E-state index in [9.17, 15) is 0 Å². The number of aromatic nitrogens is 1. The van der Waals surface area contributed by atoms with Gasteiger partial charge in [0.05, 0.1) is 22.4 Å². The first-order valence-corrected chi connectivity index (χ1v) is 22.9. The lowest BCUT2D eigenvalue weighted by molar-refractivity contribution is 0.670. The summed E-state index contributed by atoms with van der Waals surface area (Å²) in [7, 11) is 0. The summed E-state index contributed by atoms with van der Waals surface area (Å²) in [5, 5.41) is 7.24. The molecule has 0 amide bonds. The summed E-state index contributed by atoms with van der Waals surface area (Å²) >= 11 is 0. The second-order valence-corrected chi connectivity index (χ2v) is 17.2. The van der Waals surface area contributed by atoms with E-state index in [1.165, 1.54) is 54.8 Å². The van der Waals surface area contributed by atoms with Crippen LogP contribution < -0.4 is 4.90 Å². The zero-order chi connectivity index (χ0) is 44.3. The Hall–Kier alpha value is -8.92. The van der Waals surface area contributed by atoms with Gasteiger partial charge in [0.15, 0.2) is 0 Å².